The second-order valence-corrected chi connectivity index (χ2v) is 13.5. The van der Waals surface area contributed by atoms with Crippen molar-refractivity contribution in [3.63, 3.8) is 0 Å². The first-order valence-corrected chi connectivity index (χ1v) is 16.7. The number of nitrogens with zero attached hydrogens (tertiary/aromatic N) is 2. The Bertz CT molecular complexity index is 1600. The zero-order valence-corrected chi connectivity index (χ0v) is 26.8. The topological polar surface area (TPSA) is 86.8 Å². The van der Waals surface area contributed by atoms with Crippen LogP contribution in [-0.2, 0) is 32.3 Å². The molecule has 3 aromatic rings. The number of alkyl halides is 3. The van der Waals surface area contributed by atoms with E-state index in [1.54, 1.807) is 19.1 Å². The Kier molecular flexibility index (Phi) is 11.2. The molecule has 0 heterocycles. The standard InChI is InChI=1S/C33H37ClF3N3O4S/c1-3-29(32(42)38-26-14-6-4-7-15-26)39(21-24-13-11-10-12-23(24)2)31(41)22-40(45(43,44)27-16-8-5-9-17-27)30-20-25(33(35,36)37)18-19-28(30)34/h5,8-13,16-20,26,29H,3-4,6-7,14-15,21-22H2,1-2H3,(H,38,42). The fourth-order valence-electron chi connectivity index (χ4n) is 5.55. The first-order chi connectivity index (χ1) is 21.3. The summed E-state index contributed by atoms with van der Waals surface area (Å²) in [6.45, 7) is 2.70. The van der Waals surface area contributed by atoms with Gasteiger partial charge in [0.1, 0.15) is 12.6 Å². The van der Waals surface area contributed by atoms with Crippen LogP contribution >= 0.6 is 11.6 Å². The molecule has 45 heavy (non-hydrogen) atoms. The molecule has 1 aliphatic rings. The second-order valence-electron chi connectivity index (χ2n) is 11.2. The van der Waals surface area contributed by atoms with Gasteiger partial charge in [0.15, 0.2) is 0 Å². The number of nitrogens with one attached hydrogen (secondary N) is 1. The predicted octanol–water partition coefficient (Wildman–Crippen LogP) is 7.12. The van der Waals surface area contributed by atoms with Crippen LogP contribution < -0.4 is 9.62 Å². The predicted molar refractivity (Wildman–Crippen MR) is 168 cm³/mol. The van der Waals surface area contributed by atoms with Crippen LogP contribution in [0.2, 0.25) is 5.02 Å². The molecule has 3 aromatic carbocycles. The van der Waals surface area contributed by atoms with Crippen LogP contribution in [0, 0.1) is 6.92 Å². The number of hydrogen-bond acceptors (Lipinski definition) is 4. The van der Waals surface area contributed by atoms with Gasteiger partial charge in [-0.05, 0) is 67.6 Å². The summed E-state index contributed by atoms with van der Waals surface area (Å²) in [5.41, 5.74) is -0.0335. The van der Waals surface area contributed by atoms with Gasteiger partial charge in [-0.25, -0.2) is 8.42 Å². The lowest BCUT2D eigenvalue weighted by Gasteiger charge is -2.35. The zero-order valence-electron chi connectivity index (χ0n) is 25.2. The van der Waals surface area contributed by atoms with Gasteiger partial charge in [0.2, 0.25) is 11.8 Å². The van der Waals surface area contributed by atoms with Crippen molar-refractivity contribution in [2.24, 2.45) is 0 Å². The SMILES string of the molecule is CCC(C(=O)NC1CCCCC1)N(Cc1ccccc1C)C(=O)CN(c1cc(C(F)(F)F)ccc1Cl)S(=O)(=O)c1ccccc1. The average molecular weight is 664 g/mol. The van der Waals surface area contributed by atoms with E-state index in [0.29, 0.717) is 10.4 Å². The Balaban J connectivity index is 1.78. The third-order valence-corrected chi connectivity index (χ3v) is 10.2. The molecule has 0 saturated heterocycles. The number of carbonyl (C=O) groups excluding carboxylic acids is 2. The van der Waals surface area contributed by atoms with Crippen LogP contribution in [0.15, 0.2) is 77.7 Å². The smallest absolute Gasteiger partial charge is 0.352 e. The average Bonchev–Trinajstić information content (AvgIpc) is 3.01. The maximum atomic E-state index is 14.3. The highest BCUT2D eigenvalue weighted by atomic mass is 35.5. The Morgan fingerprint density at radius 2 is 1.62 bits per heavy atom. The number of hydrogen-bond donors (Lipinski definition) is 1. The van der Waals surface area contributed by atoms with E-state index in [4.69, 9.17) is 11.6 Å². The number of rotatable bonds is 11. The number of anilines is 1. The van der Waals surface area contributed by atoms with Crippen molar-refractivity contribution < 1.29 is 31.2 Å². The Hall–Kier alpha value is -3.57. The van der Waals surface area contributed by atoms with Gasteiger partial charge in [-0.3, -0.25) is 13.9 Å². The maximum Gasteiger partial charge on any atom is 0.416 e. The van der Waals surface area contributed by atoms with E-state index < -0.39 is 45.9 Å². The number of amides is 2. The normalized spacial score (nSPS) is 14.9. The van der Waals surface area contributed by atoms with Crippen molar-refractivity contribution >= 4 is 39.1 Å². The minimum absolute atomic E-state index is 0.0162. The molecule has 7 nitrogen and oxygen atoms in total. The van der Waals surface area contributed by atoms with E-state index in [2.05, 4.69) is 5.32 Å². The highest BCUT2D eigenvalue weighted by molar-refractivity contribution is 7.92. The summed E-state index contributed by atoms with van der Waals surface area (Å²) < 4.78 is 69.8. The van der Waals surface area contributed by atoms with Crippen molar-refractivity contribution in [1.29, 1.82) is 0 Å². The molecule has 1 aliphatic carbocycles. The third kappa shape index (κ3) is 8.38. The van der Waals surface area contributed by atoms with Gasteiger partial charge in [0.05, 0.1) is 21.2 Å². The van der Waals surface area contributed by atoms with Gasteiger partial charge >= 0.3 is 6.18 Å². The largest absolute Gasteiger partial charge is 0.416 e. The van der Waals surface area contributed by atoms with Crippen LogP contribution in [0.3, 0.4) is 0 Å². The van der Waals surface area contributed by atoms with Crippen LogP contribution in [0.25, 0.3) is 0 Å². The highest BCUT2D eigenvalue weighted by Crippen LogP contribution is 2.37. The van der Waals surface area contributed by atoms with Crippen molar-refractivity contribution in [1.82, 2.24) is 10.2 Å². The molecule has 1 saturated carbocycles. The first-order valence-electron chi connectivity index (χ1n) is 14.9. The molecule has 1 N–H and O–H groups in total. The van der Waals surface area contributed by atoms with Gasteiger partial charge in [0.25, 0.3) is 10.0 Å². The number of sulfonamides is 1. The molecular weight excluding hydrogens is 627 g/mol. The summed E-state index contributed by atoms with van der Waals surface area (Å²) >= 11 is 6.33. The molecule has 1 atom stereocenters. The summed E-state index contributed by atoms with van der Waals surface area (Å²) in [7, 11) is -4.59. The van der Waals surface area contributed by atoms with Gasteiger partial charge < -0.3 is 10.2 Å². The first kappa shape index (κ1) is 34.3. The maximum absolute atomic E-state index is 14.3. The number of carbonyl (C=O) groups is 2. The van der Waals surface area contributed by atoms with Crippen LogP contribution in [0.4, 0.5) is 18.9 Å². The molecule has 2 amide bonds. The molecular formula is C33H37ClF3N3O4S. The van der Waals surface area contributed by atoms with Gasteiger partial charge in [-0.1, -0.05) is 80.3 Å². The van der Waals surface area contributed by atoms with E-state index in [9.17, 15) is 31.2 Å². The number of aryl methyl sites for hydroxylation is 1. The molecule has 1 fully saturated rings. The van der Waals surface area contributed by atoms with E-state index in [1.165, 1.54) is 29.2 Å². The van der Waals surface area contributed by atoms with Crippen molar-refractivity contribution in [3.8, 4) is 0 Å². The van der Waals surface area contributed by atoms with Gasteiger partial charge in [0, 0.05) is 12.6 Å². The Morgan fingerprint density at radius 3 is 2.24 bits per heavy atom. The van der Waals surface area contributed by atoms with E-state index in [0.717, 1.165) is 55.4 Å². The highest BCUT2D eigenvalue weighted by Gasteiger charge is 2.37. The van der Waals surface area contributed by atoms with Gasteiger partial charge in [-0.15, -0.1) is 0 Å². The van der Waals surface area contributed by atoms with Gasteiger partial charge in [-0.2, -0.15) is 13.2 Å². The molecule has 0 aromatic heterocycles. The second kappa shape index (κ2) is 14.7. The molecule has 0 aliphatic heterocycles. The minimum Gasteiger partial charge on any atom is -0.352 e. The van der Waals surface area contributed by atoms with Crippen molar-refractivity contribution in [2.75, 3.05) is 10.8 Å². The molecule has 0 radical (unpaired) electrons. The fraction of sp³-hybridized carbons (Fsp3) is 0.394. The molecule has 242 valence electrons. The summed E-state index contributed by atoms with van der Waals surface area (Å²) in [6, 6.07) is 15.7. The molecule has 0 spiro atoms. The number of benzene rings is 3. The fourth-order valence-corrected chi connectivity index (χ4v) is 7.26. The van der Waals surface area contributed by atoms with Crippen LogP contribution in [0.5, 0.6) is 0 Å². The van der Waals surface area contributed by atoms with E-state index in [-0.39, 0.29) is 34.8 Å². The lowest BCUT2D eigenvalue weighted by molar-refractivity contribution is -0.140. The third-order valence-electron chi connectivity index (χ3n) is 8.09. The lowest BCUT2D eigenvalue weighted by atomic mass is 9.95. The van der Waals surface area contributed by atoms with E-state index in [1.807, 2.05) is 25.1 Å². The molecule has 4 rings (SSSR count). The summed E-state index contributed by atoms with van der Waals surface area (Å²) in [5, 5.41) is 2.78. The van der Waals surface area contributed by atoms with Crippen LogP contribution in [-0.4, -0.2) is 43.8 Å². The minimum atomic E-state index is -4.80. The molecule has 1 unspecified atom stereocenters. The summed E-state index contributed by atoms with van der Waals surface area (Å²) in [6.07, 6.45) is 0.134. The Morgan fingerprint density at radius 1 is 0.978 bits per heavy atom. The molecule has 0 bridgehead atoms. The zero-order chi connectivity index (χ0) is 32.8. The monoisotopic (exact) mass is 663 g/mol. The molecule has 12 heteroatoms. The number of halogens is 4. The van der Waals surface area contributed by atoms with Crippen molar-refractivity contribution in [3.05, 3.63) is 94.5 Å². The van der Waals surface area contributed by atoms with Crippen LogP contribution in [0.1, 0.15) is 62.1 Å². The van der Waals surface area contributed by atoms with E-state index >= 15 is 0 Å². The summed E-state index contributed by atoms with van der Waals surface area (Å²) in [5.74, 6) is -1.13. The quantitative estimate of drug-likeness (QED) is 0.237. The summed E-state index contributed by atoms with van der Waals surface area (Å²) in [4.78, 5) is 29.0. The van der Waals surface area contributed by atoms with Crippen molar-refractivity contribution in [2.45, 2.75) is 82.1 Å². The Labute approximate surface area is 267 Å². The lowest BCUT2D eigenvalue weighted by Crippen LogP contribution is -2.54.